The van der Waals surface area contributed by atoms with E-state index in [2.05, 4.69) is 10.0 Å². The summed E-state index contributed by atoms with van der Waals surface area (Å²) in [4.78, 5) is 12.4. The second-order valence-electron chi connectivity index (χ2n) is 6.80. The number of rotatable bonds is 6. The standard InChI is InChI=1S/C22H21ClN2O3S/c1-15-6-7-16(2)17(12-15)13-22(26)24-19-8-10-21(11-9-19)29(27,28)25-20-5-3-4-18(23)14-20/h3-12,14,25H,13H2,1-2H3,(H,24,26). The van der Waals surface area contributed by atoms with E-state index < -0.39 is 10.0 Å². The summed E-state index contributed by atoms with van der Waals surface area (Å²) in [6.07, 6.45) is 0.254. The Morgan fingerprint density at radius 2 is 1.66 bits per heavy atom. The number of hydrogen-bond donors (Lipinski definition) is 2. The predicted molar refractivity (Wildman–Crippen MR) is 117 cm³/mol. The number of aryl methyl sites for hydroxylation is 2. The van der Waals surface area contributed by atoms with Crippen molar-refractivity contribution in [3.63, 3.8) is 0 Å². The van der Waals surface area contributed by atoms with Crippen LogP contribution in [0.3, 0.4) is 0 Å². The molecule has 5 nitrogen and oxygen atoms in total. The van der Waals surface area contributed by atoms with Gasteiger partial charge in [0.15, 0.2) is 0 Å². The van der Waals surface area contributed by atoms with Crippen molar-refractivity contribution in [2.45, 2.75) is 25.2 Å². The first-order valence-corrected chi connectivity index (χ1v) is 10.8. The topological polar surface area (TPSA) is 75.3 Å². The lowest BCUT2D eigenvalue weighted by Crippen LogP contribution is -2.16. The van der Waals surface area contributed by atoms with Crippen LogP contribution in [0.1, 0.15) is 16.7 Å². The summed E-state index contributed by atoms with van der Waals surface area (Å²) < 4.78 is 27.5. The van der Waals surface area contributed by atoms with Crippen LogP contribution in [0.15, 0.2) is 71.6 Å². The predicted octanol–water partition coefficient (Wildman–Crippen LogP) is 4.94. The second kappa shape index (κ2) is 8.68. The van der Waals surface area contributed by atoms with Crippen LogP contribution >= 0.6 is 11.6 Å². The molecule has 0 aliphatic rings. The third-order valence-corrected chi connectivity index (χ3v) is 6.01. The third-order valence-electron chi connectivity index (χ3n) is 4.38. The Morgan fingerprint density at radius 3 is 2.34 bits per heavy atom. The Labute approximate surface area is 175 Å². The van der Waals surface area contributed by atoms with E-state index >= 15 is 0 Å². The Hall–Kier alpha value is -2.83. The molecule has 0 atom stereocenters. The van der Waals surface area contributed by atoms with Crippen LogP contribution in [0.4, 0.5) is 11.4 Å². The molecule has 1 amide bonds. The molecule has 0 bridgehead atoms. The second-order valence-corrected chi connectivity index (χ2v) is 8.91. The SMILES string of the molecule is Cc1ccc(C)c(CC(=O)Nc2ccc(S(=O)(=O)Nc3cccc(Cl)c3)cc2)c1. The summed E-state index contributed by atoms with van der Waals surface area (Å²) in [6, 6.07) is 18.5. The zero-order valence-electron chi connectivity index (χ0n) is 16.1. The largest absolute Gasteiger partial charge is 0.326 e. The van der Waals surface area contributed by atoms with E-state index in [0.29, 0.717) is 16.4 Å². The quantitative estimate of drug-likeness (QED) is 0.584. The number of sulfonamides is 1. The van der Waals surface area contributed by atoms with Gasteiger partial charge in [0.2, 0.25) is 5.91 Å². The number of benzene rings is 3. The lowest BCUT2D eigenvalue weighted by atomic mass is 10.0. The number of hydrogen-bond acceptors (Lipinski definition) is 3. The molecule has 0 aliphatic carbocycles. The molecule has 0 unspecified atom stereocenters. The fourth-order valence-corrected chi connectivity index (χ4v) is 4.09. The Bertz CT molecular complexity index is 1140. The first kappa shape index (κ1) is 20.9. The summed E-state index contributed by atoms with van der Waals surface area (Å²) in [5, 5.41) is 3.24. The summed E-state index contributed by atoms with van der Waals surface area (Å²) >= 11 is 5.89. The molecule has 0 radical (unpaired) electrons. The van der Waals surface area contributed by atoms with Gasteiger partial charge in [-0.1, -0.05) is 41.4 Å². The average Bonchev–Trinajstić information content (AvgIpc) is 2.65. The van der Waals surface area contributed by atoms with Gasteiger partial charge < -0.3 is 5.32 Å². The zero-order chi connectivity index (χ0) is 21.0. The summed E-state index contributed by atoms with van der Waals surface area (Å²) in [5.74, 6) is -0.161. The van der Waals surface area contributed by atoms with Crippen LogP contribution in [0.25, 0.3) is 0 Å². The molecule has 0 heterocycles. The molecule has 2 N–H and O–H groups in total. The van der Waals surface area contributed by atoms with Crippen molar-refractivity contribution in [2.24, 2.45) is 0 Å². The van der Waals surface area contributed by atoms with E-state index in [-0.39, 0.29) is 17.2 Å². The molecule has 29 heavy (non-hydrogen) atoms. The minimum absolute atomic E-state index is 0.0880. The van der Waals surface area contributed by atoms with Crippen LogP contribution in [-0.2, 0) is 21.2 Å². The van der Waals surface area contributed by atoms with Gasteiger partial charge in [0.05, 0.1) is 17.0 Å². The molecule has 150 valence electrons. The molecule has 0 saturated carbocycles. The van der Waals surface area contributed by atoms with Gasteiger partial charge in [-0.2, -0.15) is 0 Å². The van der Waals surface area contributed by atoms with Crippen molar-refractivity contribution in [1.29, 1.82) is 0 Å². The molecule has 0 aromatic heterocycles. The summed E-state index contributed by atoms with van der Waals surface area (Å²) in [5.41, 5.74) is 4.03. The molecule has 7 heteroatoms. The minimum Gasteiger partial charge on any atom is -0.326 e. The molecular formula is C22H21ClN2O3S. The van der Waals surface area contributed by atoms with Gasteiger partial charge in [-0.05, 0) is 67.4 Å². The molecule has 0 spiro atoms. The number of nitrogens with one attached hydrogen (secondary N) is 2. The maximum atomic E-state index is 12.5. The highest BCUT2D eigenvalue weighted by atomic mass is 35.5. The average molecular weight is 429 g/mol. The van der Waals surface area contributed by atoms with Crippen molar-refractivity contribution >= 4 is 38.9 Å². The summed E-state index contributed by atoms with van der Waals surface area (Å²) in [6.45, 7) is 3.95. The molecule has 0 aliphatic heterocycles. The number of halogens is 1. The van der Waals surface area contributed by atoms with Crippen molar-refractivity contribution in [2.75, 3.05) is 10.0 Å². The molecule has 3 aromatic rings. The monoisotopic (exact) mass is 428 g/mol. The summed E-state index contributed by atoms with van der Waals surface area (Å²) in [7, 11) is -3.76. The van der Waals surface area contributed by atoms with E-state index in [1.807, 2.05) is 32.0 Å². The first-order chi connectivity index (χ1) is 13.7. The fraction of sp³-hybridized carbons (Fsp3) is 0.136. The molecule has 0 fully saturated rings. The number of carbonyl (C=O) groups is 1. The van der Waals surface area contributed by atoms with E-state index in [0.717, 1.165) is 16.7 Å². The highest BCUT2D eigenvalue weighted by Crippen LogP contribution is 2.21. The van der Waals surface area contributed by atoms with Gasteiger partial charge in [-0.25, -0.2) is 8.42 Å². The van der Waals surface area contributed by atoms with E-state index in [4.69, 9.17) is 11.6 Å². The van der Waals surface area contributed by atoms with E-state index in [1.165, 1.54) is 18.2 Å². The van der Waals surface area contributed by atoms with Gasteiger partial charge >= 0.3 is 0 Å². The Balaban J connectivity index is 1.68. The molecule has 3 aromatic carbocycles. The van der Waals surface area contributed by atoms with Crippen molar-refractivity contribution in [1.82, 2.24) is 0 Å². The smallest absolute Gasteiger partial charge is 0.261 e. The lowest BCUT2D eigenvalue weighted by Gasteiger charge is -2.10. The van der Waals surface area contributed by atoms with Crippen molar-refractivity contribution in [3.05, 3.63) is 88.4 Å². The van der Waals surface area contributed by atoms with Gasteiger partial charge in [-0.15, -0.1) is 0 Å². The fourth-order valence-electron chi connectivity index (χ4n) is 2.85. The third kappa shape index (κ3) is 5.59. The Morgan fingerprint density at radius 1 is 0.931 bits per heavy atom. The molecular weight excluding hydrogens is 408 g/mol. The first-order valence-electron chi connectivity index (χ1n) is 8.97. The van der Waals surface area contributed by atoms with Gasteiger partial charge in [-0.3, -0.25) is 9.52 Å². The highest BCUT2D eigenvalue weighted by molar-refractivity contribution is 7.92. The van der Waals surface area contributed by atoms with E-state index in [9.17, 15) is 13.2 Å². The van der Waals surface area contributed by atoms with Crippen LogP contribution in [0, 0.1) is 13.8 Å². The lowest BCUT2D eigenvalue weighted by molar-refractivity contribution is -0.115. The minimum atomic E-state index is -3.76. The van der Waals surface area contributed by atoms with Gasteiger partial charge in [0.1, 0.15) is 0 Å². The highest BCUT2D eigenvalue weighted by Gasteiger charge is 2.15. The van der Waals surface area contributed by atoms with Crippen LogP contribution in [0.2, 0.25) is 5.02 Å². The van der Waals surface area contributed by atoms with Crippen molar-refractivity contribution in [3.8, 4) is 0 Å². The van der Waals surface area contributed by atoms with Gasteiger partial charge in [0.25, 0.3) is 10.0 Å². The van der Waals surface area contributed by atoms with Crippen molar-refractivity contribution < 1.29 is 13.2 Å². The Kier molecular flexibility index (Phi) is 6.25. The number of carbonyl (C=O) groups excluding carboxylic acids is 1. The number of amides is 1. The maximum Gasteiger partial charge on any atom is 0.261 e. The van der Waals surface area contributed by atoms with Crippen LogP contribution in [-0.4, -0.2) is 14.3 Å². The normalized spacial score (nSPS) is 11.1. The maximum absolute atomic E-state index is 12.5. The zero-order valence-corrected chi connectivity index (χ0v) is 17.6. The molecule has 0 saturated heterocycles. The van der Waals surface area contributed by atoms with Crippen LogP contribution < -0.4 is 10.0 Å². The number of anilines is 2. The van der Waals surface area contributed by atoms with Crippen LogP contribution in [0.5, 0.6) is 0 Å². The molecule has 3 rings (SSSR count). The van der Waals surface area contributed by atoms with Gasteiger partial charge in [0, 0.05) is 10.7 Å². The van der Waals surface area contributed by atoms with E-state index in [1.54, 1.807) is 30.3 Å².